The summed E-state index contributed by atoms with van der Waals surface area (Å²) in [6.07, 6.45) is 0. The predicted molar refractivity (Wildman–Crippen MR) is 45.3 cm³/mol. The maximum atomic E-state index is 5.56. The SMILES string of the molecule is Cc1nc(NCCN)c(N)[nH]1. The maximum absolute atomic E-state index is 5.56. The van der Waals surface area contributed by atoms with Crippen LogP contribution in [0.4, 0.5) is 11.6 Å². The number of nitrogens with zero attached hydrogens (tertiary/aromatic N) is 1. The van der Waals surface area contributed by atoms with E-state index >= 15 is 0 Å². The number of aromatic nitrogens is 2. The lowest BCUT2D eigenvalue weighted by Crippen LogP contribution is -2.14. The van der Waals surface area contributed by atoms with Crippen molar-refractivity contribution in [2.24, 2.45) is 5.73 Å². The quantitative estimate of drug-likeness (QED) is 0.481. The number of nitrogen functional groups attached to an aromatic ring is 1. The van der Waals surface area contributed by atoms with Crippen molar-refractivity contribution in [3.05, 3.63) is 5.82 Å². The number of nitrogens with two attached hydrogens (primary N) is 2. The molecule has 11 heavy (non-hydrogen) atoms. The van der Waals surface area contributed by atoms with E-state index in [1.807, 2.05) is 6.92 Å². The number of nitrogens with one attached hydrogen (secondary N) is 2. The lowest BCUT2D eigenvalue weighted by molar-refractivity contribution is 1.01. The van der Waals surface area contributed by atoms with Crippen LogP contribution >= 0.6 is 0 Å². The van der Waals surface area contributed by atoms with Gasteiger partial charge in [0.05, 0.1) is 0 Å². The Morgan fingerprint density at radius 1 is 1.64 bits per heavy atom. The van der Waals surface area contributed by atoms with E-state index in [9.17, 15) is 0 Å². The van der Waals surface area contributed by atoms with Crippen LogP contribution in [-0.2, 0) is 0 Å². The Morgan fingerprint density at radius 2 is 2.36 bits per heavy atom. The molecule has 0 amide bonds. The summed E-state index contributed by atoms with van der Waals surface area (Å²) >= 11 is 0. The number of aryl methyl sites for hydroxylation is 1. The fraction of sp³-hybridized carbons (Fsp3) is 0.500. The average molecular weight is 155 g/mol. The smallest absolute Gasteiger partial charge is 0.168 e. The predicted octanol–water partition coefficient (Wildman–Crippen LogP) is -0.329. The van der Waals surface area contributed by atoms with Gasteiger partial charge in [0.2, 0.25) is 0 Å². The molecule has 0 aliphatic carbocycles. The summed E-state index contributed by atoms with van der Waals surface area (Å²) in [5.41, 5.74) is 10.9. The van der Waals surface area contributed by atoms with Crippen molar-refractivity contribution in [1.29, 1.82) is 0 Å². The van der Waals surface area contributed by atoms with Crippen molar-refractivity contribution in [2.45, 2.75) is 6.92 Å². The molecule has 1 aromatic rings. The zero-order chi connectivity index (χ0) is 8.27. The topological polar surface area (TPSA) is 92.8 Å². The zero-order valence-corrected chi connectivity index (χ0v) is 6.52. The molecule has 62 valence electrons. The highest BCUT2D eigenvalue weighted by Gasteiger charge is 2.01. The third-order valence-electron chi connectivity index (χ3n) is 1.29. The van der Waals surface area contributed by atoms with Crippen molar-refractivity contribution in [2.75, 3.05) is 24.1 Å². The molecule has 1 rings (SSSR count). The fourth-order valence-electron chi connectivity index (χ4n) is 0.835. The molecule has 1 heterocycles. The van der Waals surface area contributed by atoms with Gasteiger partial charge in [-0.15, -0.1) is 0 Å². The van der Waals surface area contributed by atoms with Crippen LogP contribution in [0.2, 0.25) is 0 Å². The van der Waals surface area contributed by atoms with Gasteiger partial charge in [0.25, 0.3) is 0 Å². The first kappa shape index (κ1) is 7.87. The van der Waals surface area contributed by atoms with Crippen molar-refractivity contribution < 1.29 is 0 Å². The van der Waals surface area contributed by atoms with Crippen LogP contribution in [-0.4, -0.2) is 23.1 Å². The van der Waals surface area contributed by atoms with E-state index in [1.54, 1.807) is 0 Å². The Hall–Kier alpha value is -1.23. The number of hydrogen-bond donors (Lipinski definition) is 4. The third-order valence-corrected chi connectivity index (χ3v) is 1.29. The summed E-state index contributed by atoms with van der Waals surface area (Å²) in [6.45, 7) is 3.11. The second kappa shape index (κ2) is 3.25. The summed E-state index contributed by atoms with van der Waals surface area (Å²) in [7, 11) is 0. The van der Waals surface area contributed by atoms with Gasteiger partial charge in [-0.3, -0.25) is 0 Å². The molecule has 0 aliphatic rings. The van der Waals surface area contributed by atoms with Gasteiger partial charge in [-0.05, 0) is 6.92 Å². The van der Waals surface area contributed by atoms with E-state index in [0.717, 1.165) is 5.82 Å². The van der Waals surface area contributed by atoms with Gasteiger partial charge in [0, 0.05) is 13.1 Å². The lowest BCUT2D eigenvalue weighted by atomic mass is 10.6. The molecule has 0 radical (unpaired) electrons. The van der Waals surface area contributed by atoms with E-state index in [0.29, 0.717) is 24.7 Å². The van der Waals surface area contributed by atoms with Crippen LogP contribution in [0.3, 0.4) is 0 Å². The number of anilines is 2. The van der Waals surface area contributed by atoms with Gasteiger partial charge < -0.3 is 21.8 Å². The van der Waals surface area contributed by atoms with E-state index in [-0.39, 0.29) is 0 Å². The molecule has 0 unspecified atom stereocenters. The molecular weight excluding hydrogens is 142 g/mol. The third kappa shape index (κ3) is 1.84. The highest BCUT2D eigenvalue weighted by molar-refractivity contribution is 5.56. The molecular formula is C6H13N5. The Labute approximate surface area is 65.2 Å². The standard InChI is InChI=1S/C6H13N5/c1-4-10-5(8)6(11-4)9-3-2-7/h9H,2-3,7-8H2,1H3,(H,10,11). The van der Waals surface area contributed by atoms with Crippen molar-refractivity contribution in [3.63, 3.8) is 0 Å². The summed E-state index contributed by atoms with van der Waals surface area (Å²) in [5, 5.41) is 2.99. The van der Waals surface area contributed by atoms with Crippen LogP contribution in [0.25, 0.3) is 0 Å². The van der Waals surface area contributed by atoms with Gasteiger partial charge in [0.15, 0.2) is 5.82 Å². The van der Waals surface area contributed by atoms with Crippen LogP contribution in [0.15, 0.2) is 0 Å². The highest BCUT2D eigenvalue weighted by Crippen LogP contribution is 2.12. The Kier molecular flexibility index (Phi) is 2.32. The first-order chi connectivity index (χ1) is 5.24. The molecule has 0 atom stereocenters. The molecule has 0 bridgehead atoms. The van der Waals surface area contributed by atoms with Crippen molar-refractivity contribution >= 4 is 11.6 Å². The summed E-state index contributed by atoms with van der Waals surface area (Å²) in [6, 6.07) is 0. The summed E-state index contributed by atoms with van der Waals surface area (Å²) in [5.74, 6) is 2.06. The van der Waals surface area contributed by atoms with Crippen LogP contribution in [0, 0.1) is 6.92 Å². The van der Waals surface area contributed by atoms with Crippen LogP contribution < -0.4 is 16.8 Å². The van der Waals surface area contributed by atoms with E-state index < -0.39 is 0 Å². The Bertz CT molecular complexity index is 229. The molecule has 0 fully saturated rings. The number of rotatable bonds is 3. The highest BCUT2D eigenvalue weighted by atomic mass is 15.1. The molecule has 0 aromatic carbocycles. The summed E-state index contributed by atoms with van der Waals surface area (Å²) in [4.78, 5) is 6.98. The molecule has 0 spiro atoms. The number of hydrogen-bond acceptors (Lipinski definition) is 4. The molecule has 6 N–H and O–H groups in total. The second-order valence-corrected chi connectivity index (χ2v) is 2.30. The monoisotopic (exact) mass is 155 g/mol. The number of imidazole rings is 1. The van der Waals surface area contributed by atoms with E-state index in [4.69, 9.17) is 11.5 Å². The molecule has 5 heteroatoms. The average Bonchev–Trinajstić information content (AvgIpc) is 2.26. The Morgan fingerprint density at radius 3 is 2.82 bits per heavy atom. The van der Waals surface area contributed by atoms with Crippen molar-refractivity contribution in [3.8, 4) is 0 Å². The first-order valence-corrected chi connectivity index (χ1v) is 3.50. The minimum absolute atomic E-state index is 0.566. The molecule has 5 nitrogen and oxygen atoms in total. The lowest BCUT2D eigenvalue weighted by Gasteiger charge is -1.99. The molecule has 0 saturated carbocycles. The molecule has 0 aliphatic heterocycles. The Balaban J connectivity index is 2.62. The largest absolute Gasteiger partial charge is 0.382 e. The molecule has 0 saturated heterocycles. The first-order valence-electron chi connectivity index (χ1n) is 3.50. The summed E-state index contributed by atoms with van der Waals surface area (Å²) < 4.78 is 0. The van der Waals surface area contributed by atoms with Gasteiger partial charge in [-0.25, -0.2) is 4.98 Å². The number of aromatic amines is 1. The van der Waals surface area contributed by atoms with Gasteiger partial charge in [0.1, 0.15) is 11.6 Å². The second-order valence-electron chi connectivity index (χ2n) is 2.30. The van der Waals surface area contributed by atoms with Crippen LogP contribution in [0.5, 0.6) is 0 Å². The minimum Gasteiger partial charge on any atom is -0.382 e. The molecule has 1 aromatic heterocycles. The maximum Gasteiger partial charge on any atom is 0.168 e. The zero-order valence-electron chi connectivity index (χ0n) is 6.52. The van der Waals surface area contributed by atoms with Crippen molar-refractivity contribution in [1.82, 2.24) is 9.97 Å². The van der Waals surface area contributed by atoms with Crippen LogP contribution in [0.1, 0.15) is 5.82 Å². The van der Waals surface area contributed by atoms with E-state index in [2.05, 4.69) is 15.3 Å². The van der Waals surface area contributed by atoms with Gasteiger partial charge >= 0.3 is 0 Å². The fourth-order valence-corrected chi connectivity index (χ4v) is 0.835. The minimum atomic E-state index is 0.566. The normalized spacial score (nSPS) is 10.0. The van der Waals surface area contributed by atoms with Gasteiger partial charge in [-0.2, -0.15) is 0 Å². The van der Waals surface area contributed by atoms with Gasteiger partial charge in [-0.1, -0.05) is 0 Å². The number of H-pyrrole nitrogens is 1. The van der Waals surface area contributed by atoms with E-state index in [1.165, 1.54) is 0 Å².